The third-order valence-corrected chi connectivity index (χ3v) is 4.82. The number of nitrogen functional groups attached to an aromatic ring is 1. The van der Waals surface area contributed by atoms with Gasteiger partial charge in [-0.1, -0.05) is 42.1 Å². The van der Waals surface area contributed by atoms with Gasteiger partial charge in [-0.15, -0.1) is 10.2 Å². The van der Waals surface area contributed by atoms with Crippen molar-refractivity contribution in [3.05, 3.63) is 58.2 Å². The Hall–Kier alpha value is -2.07. The largest absolute Gasteiger partial charge is 0.335 e. The molecule has 8 heteroatoms. The molecule has 0 atom stereocenters. The molecule has 0 saturated heterocycles. The van der Waals surface area contributed by atoms with Crippen molar-refractivity contribution in [3.8, 4) is 11.4 Å². The van der Waals surface area contributed by atoms with Gasteiger partial charge >= 0.3 is 0 Å². The van der Waals surface area contributed by atoms with Crippen molar-refractivity contribution < 1.29 is 4.79 Å². The zero-order valence-corrected chi connectivity index (χ0v) is 15.5. The van der Waals surface area contributed by atoms with E-state index in [-0.39, 0.29) is 11.7 Å². The molecule has 0 unspecified atom stereocenters. The molecular formula is C16H14IN5OS. The van der Waals surface area contributed by atoms with Gasteiger partial charge in [0.1, 0.15) is 0 Å². The number of rotatable bonds is 5. The van der Waals surface area contributed by atoms with E-state index >= 15 is 0 Å². The molecule has 1 amide bonds. The molecule has 3 rings (SSSR count). The average Bonchev–Trinajstić information content (AvgIpc) is 2.97. The number of halogens is 1. The van der Waals surface area contributed by atoms with Crippen LogP contribution >= 0.6 is 34.4 Å². The summed E-state index contributed by atoms with van der Waals surface area (Å²) in [6.45, 7) is 0. The first-order valence-corrected chi connectivity index (χ1v) is 9.14. The van der Waals surface area contributed by atoms with Crippen LogP contribution < -0.4 is 11.2 Å². The zero-order valence-electron chi connectivity index (χ0n) is 12.5. The van der Waals surface area contributed by atoms with Crippen LogP contribution in [0.15, 0.2) is 59.8 Å². The van der Waals surface area contributed by atoms with Crippen LogP contribution in [0.1, 0.15) is 0 Å². The Kier molecular flexibility index (Phi) is 5.36. The first-order valence-electron chi connectivity index (χ1n) is 7.07. The summed E-state index contributed by atoms with van der Waals surface area (Å²) in [4.78, 5) is 12.0. The third kappa shape index (κ3) is 4.06. The van der Waals surface area contributed by atoms with E-state index in [0.29, 0.717) is 11.0 Å². The van der Waals surface area contributed by atoms with E-state index in [4.69, 9.17) is 5.84 Å². The molecule has 0 radical (unpaired) electrons. The van der Waals surface area contributed by atoms with Gasteiger partial charge in [-0.2, -0.15) is 0 Å². The fraction of sp³-hybridized carbons (Fsp3) is 0.0625. The SMILES string of the molecule is Nn1c(SCC(=O)Nc2ccc(I)cc2)nnc1-c1ccccc1. The molecule has 0 aliphatic rings. The van der Waals surface area contributed by atoms with Crippen LogP contribution in [0.3, 0.4) is 0 Å². The zero-order chi connectivity index (χ0) is 16.9. The summed E-state index contributed by atoms with van der Waals surface area (Å²) in [7, 11) is 0. The second-order valence-electron chi connectivity index (χ2n) is 4.89. The molecule has 0 bridgehead atoms. The topological polar surface area (TPSA) is 85.8 Å². The highest BCUT2D eigenvalue weighted by Crippen LogP contribution is 2.21. The smallest absolute Gasteiger partial charge is 0.234 e. The predicted molar refractivity (Wildman–Crippen MR) is 104 cm³/mol. The van der Waals surface area contributed by atoms with E-state index < -0.39 is 0 Å². The minimum absolute atomic E-state index is 0.120. The summed E-state index contributed by atoms with van der Waals surface area (Å²) < 4.78 is 2.52. The maximum absolute atomic E-state index is 12.0. The van der Waals surface area contributed by atoms with Crippen molar-refractivity contribution >= 4 is 45.9 Å². The van der Waals surface area contributed by atoms with Gasteiger partial charge in [0.05, 0.1) is 5.75 Å². The molecule has 1 aromatic heterocycles. The molecule has 0 saturated carbocycles. The molecular weight excluding hydrogens is 437 g/mol. The van der Waals surface area contributed by atoms with Crippen LogP contribution in [-0.4, -0.2) is 26.5 Å². The van der Waals surface area contributed by atoms with Gasteiger partial charge in [-0.3, -0.25) is 4.79 Å². The normalized spacial score (nSPS) is 10.5. The molecule has 1 heterocycles. The second kappa shape index (κ2) is 7.67. The maximum atomic E-state index is 12.0. The molecule has 122 valence electrons. The standard InChI is InChI=1S/C16H14IN5OS/c17-12-6-8-13(9-7-12)19-14(23)10-24-16-21-20-15(22(16)18)11-4-2-1-3-5-11/h1-9H,10,18H2,(H,19,23). The summed E-state index contributed by atoms with van der Waals surface area (Å²) in [6.07, 6.45) is 0. The van der Waals surface area contributed by atoms with E-state index in [9.17, 15) is 4.79 Å². The minimum atomic E-state index is -0.120. The van der Waals surface area contributed by atoms with E-state index in [0.717, 1.165) is 14.8 Å². The second-order valence-corrected chi connectivity index (χ2v) is 7.07. The third-order valence-electron chi connectivity index (χ3n) is 3.16. The van der Waals surface area contributed by atoms with Gasteiger partial charge in [-0.05, 0) is 46.9 Å². The number of hydrogen-bond acceptors (Lipinski definition) is 5. The molecule has 2 aromatic carbocycles. The van der Waals surface area contributed by atoms with E-state index in [1.807, 2.05) is 54.6 Å². The van der Waals surface area contributed by atoms with Crippen molar-refractivity contribution in [1.82, 2.24) is 14.9 Å². The number of carbonyl (C=O) groups excluding carboxylic acids is 1. The van der Waals surface area contributed by atoms with Crippen molar-refractivity contribution in [2.24, 2.45) is 0 Å². The van der Waals surface area contributed by atoms with Crippen LogP contribution in [0, 0.1) is 3.57 Å². The van der Waals surface area contributed by atoms with Crippen molar-refractivity contribution in [2.75, 3.05) is 16.9 Å². The first-order chi connectivity index (χ1) is 11.6. The molecule has 24 heavy (non-hydrogen) atoms. The van der Waals surface area contributed by atoms with Crippen LogP contribution in [0.5, 0.6) is 0 Å². The summed E-state index contributed by atoms with van der Waals surface area (Å²) in [5.41, 5.74) is 1.64. The summed E-state index contributed by atoms with van der Waals surface area (Å²) >= 11 is 3.46. The Bertz CT molecular complexity index is 835. The van der Waals surface area contributed by atoms with E-state index in [2.05, 4.69) is 38.1 Å². The van der Waals surface area contributed by atoms with Gasteiger partial charge < -0.3 is 11.2 Å². The van der Waals surface area contributed by atoms with Crippen LogP contribution in [-0.2, 0) is 4.79 Å². The van der Waals surface area contributed by atoms with Gasteiger partial charge in [0.25, 0.3) is 0 Å². The van der Waals surface area contributed by atoms with Crippen LogP contribution in [0.2, 0.25) is 0 Å². The Balaban J connectivity index is 1.62. The van der Waals surface area contributed by atoms with Crippen molar-refractivity contribution in [3.63, 3.8) is 0 Å². The summed E-state index contributed by atoms with van der Waals surface area (Å²) in [6, 6.07) is 17.2. The number of nitrogens with zero attached hydrogens (tertiary/aromatic N) is 3. The Morgan fingerprint density at radius 2 is 1.83 bits per heavy atom. The molecule has 0 aliphatic carbocycles. The highest BCUT2D eigenvalue weighted by atomic mass is 127. The van der Waals surface area contributed by atoms with Crippen molar-refractivity contribution in [1.29, 1.82) is 0 Å². The Morgan fingerprint density at radius 3 is 2.54 bits per heavy atom. The van der Waals surface area contributed by atoms with Gasteiger partial charge in [0.2, 0.25) is 11.1 Å². The minimum Gasteiger partial charge on any atom is -0.335 e. The van der Waals surface area contributed by atoms with Gasteiger partial charge in [0, 0.05) is 14.8 Å². The highest BCUT2D eigenvalue weighted by Gasteiger charge is 2.13. The molecule has 6 nitrogen and oxygen atoms in total. The lowest BCUT2D eigenvalue weighted by atomic mass is 10.2. The molecule has 0 spiro atoms. The number of benzene rings is 2. The fourth-order valence-corrected chi connectivity index (χ4v) is 3.04. The lowest BCUT2D eigenvalue weighted by Gasteiger charge is -2.05. The molecule has 0 aliphatic heterocycles. The van der Waals surface area contributed by atoms with E-state index in [1.54, 1.807) is 0 Å². The first kappa shape index (κ1) is 16.8. The van der Waals surface area contributed by atoms with Gasteiger partial charge in [-0.25, -0.2) is 4.68 Å². The molecule has 0 fully saturated rings. The number of carbonyl (C=O) groups is 1. The Labute approximate surface area is 157 Å². The Morgan fingerprint density at radius 1 is 1.12 bits per heavy atom. The number of aromatic nitrogens is 3. The average molecular weight is 451 g/mol. The number of nitrogens with two attached hydrogens (primary N) is 1. The number of anilines is 1. The number of amides is 1. The lowest BCUT2D eigenvalue weighted by molar-refractivity contribution is -0.113. The fourth-order valence-electron chi connectivity index (χ4n) is 2.02. The van der Waals surface area contributed by atoms with E-state index in [1.165, 1.54) is 16.4 Å². The predicted octanol–water partition coefficient (Wildman–Crippen LogP) is 2.99. The van der Waals surface area contributed by atoms with Crippen LogP contribution in [0.4, 0.5) is 5.69 Å². The summed E-state index contributed by atoms with van der Waals surface area (Å²) in [5.74, 6) is 6.68. The monoisotopic (exact) mass is 451 g/mol. The molecule has 3 aromatic rings. The maximum Gasteiger partial charge on any atom is 0.234 e. The highest BCUT2D eigenvalue weighted by molar-refractivity contribution is 14.1. The lowest BCUT2D eigenvalue weighted by Crippen LogP contribution is -2.16. The molecule has 3 N–H and O–H groups in total. The van der Waals surface area contributed by atoms with Crippen molar-refractivity contribution in [2.45, 2.75) is 5.16 Å². The number of hydrogen-bond donors (Lipinski definition) is 2. The van der Waals surface area contributed by atoms with Crippen LogP contribution in [0.25, 0.3) is 11.4 Å². The van der Waals surface area contributed by atoms with Gasteiger partial charge in [0.15, 0.2) is 5.82 Å². The number of nitrogens with one attached hydrogen (secondary N) is 1. The number of thioether (sulfide) groups is 1. The summed E-state index contributed by atoms with van der Waals surface area (Å²) in [5, 5.41) is 11.5. The quantitative estimate of drug-likeness (QED) is 0.354.